The summed E-state index contributed by atoms with van der Waals surface area (Å²) in [6.45, 7) is 0. The summed E-state index contributed by atoms with van der Waals surface area (Å²) in [6, 6.07) is 1.65. The number of H-pyrrole nitrogens is 1. The minimum absolute atomic E-state index is 0.492. The fourth-order valence-corrected chi connectivity index (χ4v) is 2.51. The van der Waals surface area contributed by atoms with Crippen LogP contribution in [0.4, 0.5) is 5.69 Å². The second-order valence-electron chi connectivity index (χ2n) is 3.44. The molecule has 0 saturated heterocycles. The molecule has 0 atom stereocenters. The van der Waals surface area contributed by atoms with Crippen molar-refractivity contribution in [3.05, 3.63) is 29.9 Å². The fraction of sp³-hybridized carbons (Fsp3) is 0. The highest BCUT2D eigenvalue weighted by Crippen LogP contribution is 2.33. The molecule has 0 amide bonds. The molecule has 0 aliphatic carbocycles. The van der Waals surface area contributed by atoms with Gasteiger partial charge in [-0.1, -0.05) is 11.6 Å². The normalized spacial score (nSPS) is 10.9. The van der Waals surface area contributed by atoms with Crippen molar-refractivity contribution in [3.8, 4) is 0 Å². The van der Waals surface area contributed by atoms with Crippen molar-refractivity contribution < 1.29 is 0 Å². The quantitative estimate of drug-likeness (QED) is 0.698. The topological polar surface area (TPSA) is 93.4 Å². The number of aromatic amines is 1. The van der Waals surface area contributed by atoms with Crippen LogP contribution in [0.2, 0.25) is 5.02 Å². The van der Waals surface area contributed by atoms with Gasteiger partial charge in [0.15, 0.2) is 5.65 Å². The first-order valence-corrected chi connectivity index (χ1v) is 6.16. The monoisotopic (exact) mass is 278 g/mol. The van der Waals surface area contributed by atoms with Gasteiger partial charge in [0.1, 0.15) is 21.9 Å². The summed E-state index contributed by atoms with van der Waals surface area (Å²) in [5.74, 6) is 0. The van der Waals surface area contributed by atoms with E-state index in [0.29, 0.717) is 21.4 Å². The van der Waals surface area contributed by atoms with Gasteiger partial charge >= 0.3 is 0 Å². The minimum atomic E-state index is 0.492. The lowest BCUT2D eigenvalue weighted by atomic mass is 10.4. The standard InChI is InChI=1S/C10H7ClN6S/c11-6-1-5(12)2-13-9(6)18-10-7-8(15-3-14-7)16-4-17-10/h1-4H,12H2,(H,14,15,16,17). The molecule has 3 N–H and O–H groups in total. The average molecular weight is 279 g/mol. The number of fused-ring (bicyclic) bond motifs is 1. The number of imidazole rings is 1. The molecule has 3 rings (SSSR count). The Morgan fingerprint density at radius 1 is 1.17 bits per heavy atom. The van der Waals surface area contributed by atoms with Gasteiger partial charge in [-0.15, -0.1) is 0 Å². The number of nitrogens with zero attached hydrogens (tertiary/aromatic N) is 4. The van der Waals surface area contributed by atoms with Crippen LogP contribution in [0.15, 0.2) is 35.0 Å². The second kappa shape index (κ2) is 4.43. The van der Waals surface area contributed by atoms with Crippen molar-refractivity contribution in [1.29, 1.82) is 0 Å². The van der Waals surface area contributed by atoms with Crippen LogP contribution < -0.4 is 5.73 Å². The van der Waals surface area contributed by atoms with Gasteiger partial charge < -0.3 is 10.7 Å². The summed E-state index contributed by atoms with van der Waals surface area (Å²) < 4.78 is 0. The van der Waals surface area contributed by atoms with Gasteiger partial charge in [0, 0.05) is 0 Å². The van der Waals surface area contributed by atoms with Gasteiger partial charge in [-0.25, -0.2) is 19.9 Å². The van der Waals surface area contributed by atoms with Crippen LogP contribution in [0.3, 0.4) is 0 Å². The Bertz CT molecular complexity index is 712. The van der Waals surface area contributed by atoms with Crippen LogP contribution in [0, 0.1) is 0 Å². The van der Waals surface area contributed by atoms with Crippen LogP contribution in [-0.2, 0) is 0 Å². The highest BCUT2D eigenvalue weighted by atomic mass is 35.5. The van der Waals surface area contributed by atoms with E-state index >= 15 is 0 Å². The number of hydrogen-bond donors (Lipinski definition) is 2. The summed E-state index contributed by atoms with van der Waals surface area (Å²) in [4.78, 5) is 19.5. The Hall–Kier alpha value is -1.86. The van der Waals surface area contributed by atoms with Crippen molar-refractivity contribution in [2.75, 3.05) is 5.73 Å². The van der Waals surface area contributed by atoms with Crippen LogP contribution >= 0.6 is 23.4 Å². The SMILES string of the molecule is Nc1cnc(Sc2ncnc3nc[nH]c23)c(Cl)c1. The third-order valence-corrected chi connectivity index (χ3v) is 3.63. The lowest BCUT2D eigenvalue weighted by Crippen LogP contribution is -1.90. The van der Waals surface area contributed by atoms with E-state index < -0.39 is 0 Å². The highest BCUT2D eigenvalue weighted by Gasteiger charge is 2.11. The zero-order valence-corrected chi connectivity index (χ0v) is 10.5. The fourth-order valence-electron chi connectivity index (χ4n) is 1.43. The van der Waals surface area contributed by atoms with E-state index in [1.165, 1.54) is 18.1 Å². The van der Waals surface area contributed by atoms with Gasteiger partial charge in [0.25, 0.3) is 0 Å². The Balaban J connectivity index is 2.03. The largest absolute Gasteiger partial charge is 0.397 e. The van der Waals surface area contributed by atoms with Gasteiger partial charge in [-0.05, 0) is 17.8 Å². The van der Waals surface area contributed by atoms with E-state index in [0.717, 1.165) is 10.5 Å². The molecule has 0 saturated carbocycles. The van der Waals surface area contributed by atoms with E-state index in [1.54, 1.807) is 18.6 Å². The molecule has 90 valence electrons. The number of aromatic nitrogens is 5. The average Bonchev–Trinajstić information content (AvgIpc) is 2.82. The van der Waals surface area contributed by atoms with Gasteiger partial charge in [-0.3, -0.25) is 0 Å². The maximum Gasteiger partial charge on any atom is 0.181 e. The molecule has 8 heteroatoms. The van der Waals surface area contributed by atoms with Crippen molar-refractivity contribution in [3.63, 3.8) is 0 Å². The molecule has 0 radical (unpaired) electrons. The van der Waals surface area contributed by atoms with Gasteiger partial charge in [0.05, 0.1) is 23.2 Å². The predicted molar refractivity (Wildman–Crippen MR) is 69.5 cm³/mol. The lowest BCUT2D eigenvalue weighted by molar-refractivity contribution is 1.07. The second-order valence-corrected chi connectivity index (χ2v) is 4.82. The Kier molecular flexibility index (Phi) is 2.77. The zero-order valence-electron chi connectivity index (χ0n) is 8.96. The number of halogens is 1. The summed E-state index contributed by atoms with van der Waals surface area (Å²) in [5.41, 5.74) is 7.50. The Morgan fingerprint density at radius 3 is 2.89 bits per heavy atom. The summed E-state index contributed by atoms with van der Waals surface area (Å²) in [7, 11) is 0. The first-order valence-electron chi connectivity index (χ1n) is 4.97. The van der Waals surface area contributed by atoms with Crippen molar-refractivity contribution >= 4 is 40.2 Å². The molecule has 6 nitrogen and oxygen atoms in total. The number of nitrogens with one attached hydrogen (secondary N) is 1. The highest BCUT2D eigenvalue weighted by molar-refractivity contribution is 7.99. The molecule has 3 aromatic heterocycles. The number of pyridine rings is 1. The number of hydrogen-bond acceptors (Lipinski definition) is 6. The number of anilines is 1. The summed E-state index contributed by atoms with van der Waals surface area (Å²) in [5, 5.41) is 1.85. The molecule has 0 spiro atoms. The molecule has 18 heavy (non-hydrogen) atoms. The molecule has 0 aliphatic heterocycles. The van der Waals surface area contributed by atoms with E-state index in [1.807, 2.05) is 0 Å². The van der Waals surface area contributed by atoms with Gasteiger partial charge in [0.2, 0.25) is 0 Å². The van der Waals surface area contributed by atoms with Crippen LogP contribution in [0.5, 0.6) is 0 Å². The predicted octanol–water partition coefficient (Wildman–Crippen LogP) is 2.13. The van der Waals surface area contributed by atoms with E-state index in [4.69, 9.17) is 17.3 Å². The molecule has 0 aromatic carbocycles. The number of rotatable bonds is 2. The van der Waals surface area contributed by atoms with Crippen LogP contribution in [0.25, 0.3) is 11.2 Å². The van der Waals surface area contributed by atoms with Crippen molar-refractivity contribution in [2.24, 2.45) is 0 Å². The van der Waals surface area contributed by atoms with E-state index in [9.17, 15) is 0 Å². The van der Waals surface area contributed by atoms with E-state index in [-0.39, 0.29) is 0 Å². The van der Waals surface area contributed by atoms with Crippen LogP contribution in [0.1, 0.15) is 0 Å². The molecule has 3 aromatic rings. The third-order valence-electron chi connectivity index (χ3n) is 2.21. The molecule has 0 unspecified atom stereocenters. The van der Waals surface area contributed by atoms with Crippen molar-refractivity contribution in [2.45, 2.75) is 10.1 Å². The van der Waals surface area contributed by atoms with E-state index in [2.05, 4.69) is 24.9 Å². The van der Waals surface area contributed by atoms with Crippen molar-refractivity contribution in [1.82, 2.24) is 24.9 Å². The summed E-state index contributed by atoms with van der Waals surface area (Å²) in [6.07, 6.45) is 4.58. The molecular weight excluding hydrogens is 272 g/mol. The Morgan fingerprint density at radius 2 is 2.06 bits per heavy atom. The van der Waals surface area contributed by atoms with Crippen LogP contribution in [-0.4, -0.2) is 24.9 Å². The van der Waals surface area contributed by atoms with Gasteiger partial charge in [-0.2, -0.15) is 0 Å². The first-order chi connectivity index (χ1) is 8.74. The lowest BCUT2D eigenvalue weighted by Gasteiger charge is -2.03. The molecule has 0 aliphatic rings. The smallest absolute Gasteiger partial charge is 0.181 e. The minimum Gasteiger partial charge on any atom is -0.397 e. The zero-order chi connectivity index (χ0) is 12.5. The maximum atomic E-state index is 6.07. The first kappa shape index (κ1) is 11.2. The molecule has 0 fully saturated rings. The number of nitrogen functional groups attached to an aromatic ring is 1. The molecule has 3 heterocycles. The maximum absolute atomic E-state index is 6.07. The Labute approximate surface area is 111 Å². The molecular formula is C10H7ClN6S. The number of nitrogens with two attached hydrogens (primary N) is 1. The molecule has 0 bridgehead atoms. The third kappa shape index (κ3) is 1.98. The summed E-state index contributed by atoms with van der Waals surface area (Å²) >= 11 is 7.41.